The van der Waals surface area contributed by atoms with Gasteiger partial charge in [0, 0.05) is 0 Å². The minimum absolute atomic E-state index is 0.148. The van der Waals surface area contributed by atoms with Crippen molar-refractivity contribution in [3.05, 3.63) is 66.2 Å². The third-order valence-corrected chi connectivity index (χ3v) is 6.08. The number of benzene rings is 2. The van der Waals surface area contributed by atoms with E-state index in [4.69, 9.17) is 9.47 Å². The number of hydrogen-bond acceptors (Lipinski definition) is 5. The third kappa shape index (κ3) is 2.75. The highest BCUT2D eigenvalue weighted by Crippen LogP contribution is 2.53. The molecule has 6 nitrogen and oxygen atoms in total. The summed E-state index contributed by atoms with van der Waals surface area (Å²) in [6, 6.07) is 13.1. The van der Waals surface area contributed by atoms with Gasteiger partial charge in [0.15, 0.2) is 0 Å². The molecule has 2 aliphatic carbocycles. The summed E-state index contributed by atoms with van der Waals surface area (Å²) in [7, 11) is 1.56. The average molecular weight is 389 g/mol. The molecule has 2 aromatic carbocycles. The van der Waals surface area contributed by atoms with E-state index >= 15 is 0 Å². The molecule has 2 aromatic rings. The van der Waals surface area contributed by atoms with E-state index in [2.05, 4.69) is 12.2 Å². The maximum absolute atomic E-state index is 13.0. The molecule has 4 atom stereocenters. The van der Waals surface area contributed by atoms with E-state index < -0.39 is 5.97 Å². The second-order valence-electron chi connectivity index (χ2n) is 7.63. The van der Waals surface area contributed by atoms with Crippen molar-refractivity contribution in [2.24, 2.45) is 23.7 Å². The number of amides is 2. The average Bonchev–Trinajstić information content (AvgIpc) is 3.42. The van der Waals surface area contributed by atoms with E-state index in [0.717, 1.165) is 6.42 Å². The molecule has 2 amide bonds. The van der Waals surface area contributed by atoms with Crippen LogP contribution in [0.4, 0.5) is 5.69 Å². The van der Waals surface area contributed by atoms with Crippen LogP contribution in [0.5, 0.6) is 11.5 Å². The van der Waals surface area contributed by atoms with Gasteiger partial charge in [0.2, 0.25) is 11.8 Å². The highest BCUT2D eigenvalue weighted by molar-refractivity contribution is 6.23. The fraction of sp³-hybridized carbons (Fsp3) is 0.261. The Morgan fingerprint density at radius 3 is 2.17 bits per heavy atom. The molecule has 1 heterocycles. The quantitative estimate of drug-likeness (QED) is 0.347. The molecule has 146 valence electrons. The zero-order valence-electron chi connectivity index (χ0n) is 15.8. The molecular weight excluding hydrogens is 370 g/mol. The predicted molar refractivity (Wildman–Crippen MR) is 105 cm³/mol. The second-order valence-corrected chi connectivity index (χ2v) is 7.63. The van der Waals surface area contributed by atoms with Gasteiger partial charge in [-0.15, -0.1) is 0 Å². The van der Waals surface area contributed by atoms with Gasteiger partial charge in [-0.25, -0.2) is 9.69 Å². The van der Waals surface area contributed by atoms with Crippen LogP contribution in [0.3, 0.4) is 0 Å². The lowest BCUT2D eigenvalue weighted by Gasteiger charge is -2.18. The highest BCUT2D eigenvalue weighted by atomic mass is 16.5. The van der Waals surface area contributed by atoms with Crippen LogP contribution in [0.2, 0.25) is 0 Å². The number of ether oxygens (including phenoxy) is 2. The number of nitrogens with zero attached hydrogens (tertiary/aromatic N) is 1. The summed E-state index contributed by atoms with van der Waals surface area (Å²) in [5.74, 6) is -0.101. The number of allylic oxidation sites excluding steroid dienone is 2. The molecule has 0 aromatic heterocycles. The molecule has 1 saturated heterocycles. The van der Waals surface area contributed by atoms with Gasteiger partial charge < -0.3 is 9.47 Å². The first-order chi connectivity index (χ1) is 14.1. The van der Waals surface area contributed by atoms with Crippen molar-refractivity contribution in [3.8, 4) is 11.5 Å². The number of carbonyl (C=O) groups is 3. The largest absolute Gasteiger partial charge is 0.497 e. The lowest BCUT2D eigenvalue weighted by atomic mass is 9.85. The van der Waals surface area contributed by atoms with Crippen molar-refractivity contribution in [1.29, 1.82) is 0 Å². The number of rotatable bonds is 4. The third-order valence-electron chi connectivity index (χ3n) is 6.08. The Hall–Kier alpha value is -3.41. The molecule has 0 radical (unpaired) electrons. The number of fused-ring (bicyclic) bond motifs is 5. The molecule has 0 unspecified atom stereocenters. The van der Waals surface area contributed by atoms with E-state index in [1.807, 2.05) is 0 Å². The van der Waals surface area contributed by atoms with Crippen LogP contribution in [0, 0.1) is 23.7 Å². The first kappa shape index (κ1) is 17.7. The van der Waals surface area contributed by atoms with E-state index in [1.165, 1.54) is 11.0 Å². The zero-order chi connectivity index (χ0) is 20.1. The van der Waals surface area contributed by atoms with Gasteiger partial charge in [0.05, 0.1) is 30.2 Å². The first-order valence-corrected chi connectivity index (χ1v) is 9.59. The van der Waals surface area contributed by atoms with Crippen molar-refractivity contribution < 1.29 is 23.9 Å². The van der Waals surface area contributed by atoms with Gasteiger partial charge in [0.1, 0.15) is 11.5 Å². The van der Waals surface area contributed by atoms with Gasteiger partial charge in [-0.1, -0.05) is 18.2 Å². The van der Waals surface area contributed by atoms with Crippen molar-refractivity contribution >= 4 is 23.5 Å². The minimum atomic E-state index is -0.557. The van der Waals surface area contributed by atoms with Crippen molar-refractivity contribution in [1.82, 2.24) is 0 Å². The van der Waals surface area contributed by atoms with Crippen molar-refractivity contribution in [2.75, 3.05) is 12.0 Å². The van der Waals surface area contributed by atoms with E-state index in [9.17, 15) is 14.4 Å². The molecule has 0 spiro atoms. The first-order valence-electron chi connectivity index (χ1n) is 9.59. The summed E-state index contributed by atoms with van der Waals surface area (Å²) in [6.07, 6.45) is 5.00. The van der Waals surface area contributed by atoms with E-state index in [1.54, 1.807) is 49.6 Å². The summed E-state index contributed by atoms with van der Waals surface area (Å²) in [6.45, 7) is 0. The smallest absolute Gasteiger partial charge is 0.343 e. The Morgan fingerprint density at radius 2 is 1.55 bits per heavy atom. The van der Waals surface area contributed by atoms with Gasteiger partial charge in [-0.05, 0) is 60.7 Å². The van der Waals surface area contributed by atoms with Crippen LogP contribution in [0.1, 0.15) is 16.8 Å². The lowest BCUT2D eigenvalue weighted by molar-refractivity contribution is -0.123. The Bertz CT molecular complexity index is 1010. The molecule has 1 saturated carbocycles. The number of imide groups is 1. The SMILES string of the molecule is COc1ccc(OC(=O)c2cccc(N3C(=O)[C@@H]4[C@@H](C3=O)[C@H]3C=C[C@H]4C3)c2)cc1. The maximum atomic E-state index is 13.0. The normalized spacial score (nSPS) is 26.7. The predicted octanol–water partition coefficient (Wildman–Crippen LogP) is 3.23. The van der Waals surface area contributed by atoms with Crippen LogP contribution in [-0.2, 0) is 9.59 Å². The standard InChI is InChI=1S/C23H19NO5/c1-28-17-7-9-18(10-8-17)29-23(27)15-3-2-4-16(12-15)24-21(25)19-13-5-6-14(11-13)20(19)22(24)26/h2-10,12-14,19-20H,11H2,1H3/t13-,14-,19-,20-/m0/s1. The van der Waals surface area contributed by atoms with Gasteiger partial charge in [-0.3, -0.25) is 9.59 Å². The van der Waals surface area contributed by atoms with E-state index in [-0.39, 0.29) is 41.0 Å². The van der Waals surface area contributed by atoms with Crippen LogP contribution in [0.25, 0.3) is 0 Å². The monoisotopic (exact) mass is 389 g/mol. The molecule has 0 N–H and O–H groups in total. The lowest BCUT2D eigenvalue weighted by Crippen LogP contribution is -2.33. The van der Waals surface area contributed by atoms with Crippen LogP contribution < -0.4 is 14.4 Å². The van der Waals surface area contributed by atoms with Crippen LogP contribution >= 0.6 is 0 Å². The Kier molecular flexibility index (Phi) is 4.01. The van der Waals surface area contributed by atoms with Crippen molar-refractivity contribution in [2.45, 2.75) is 6.42 Å². The van der Waals surface area contributed by atoms with E-state index in [0.29, 0.717) is 17.2 Å². The fourth-order valence-corrected chi connectivity index (χ4v) is 4.74. The molecule has 2 fully saturated rings. The number of methoxy groups -OCH3 is 1. The summed E-state index contributed by atoms with van der Waals surface area (Å²) in [5.41, 5.74) is 0.690. The zero-order valence-corrected chi connectivity index (χ0v) is 15.8. The maximum Gasteiger partial charge on any atom is 0.343 e. The number of hydrogen-bond donors (Lipinski definition) is 0. The van der Waals surface area contributed by atoms with Crippen LogP contribution in [-0.4, -0.2) is 24.9 Å². The molecule has 5 rings (SSSR count). The molecule has 1 aliphatic heterocycles. The molecule has 29 heavy (non-hydrogen) atoms. The number of anilines is 1. The van der Waals surface area contributed by atoms with Crippen LogP contribution in [0.15, 0.2) is 60.7 Å². The van der Waals surface area contributed by atoms with Gasteiger partial charge in [-0.2, -0.15) is 0 Å². The summed E-state index contributed by atoms with van der Waals surface area (Å²) < 4.78 is 10.5. The Labute approximate surface area is 167 Å². The van der Waals surface area contributed by atoms with Crippen molar-refractivity contribution in [3.63, 3.8) is 0 Å². The summed E-state index contributed by atoms with van der Waals surface area (Å²) in [4.78, 5) is 39.7. The topological polar surface area (TPSA) is 72.9 Å². The summed E-state index contributed by atoms with van der Waals surface area (Å²) >= 11 is 0. The molecule has 2 bridgehead atoms. The Morgan fingerprint density at radius 1 is 0.931 bits per heavy atom. The van der Waals surface area contributed by atoms with Gasteiger partial charge >= 0.3 is 5.97 Å². The number of carbonyl (C=O) groups excluding carboxylic acids is 3. The highest BCUT2D eigenvalue weighted by Gasteiger charge is 2.59. The molecule has 6 heteroatoms. The minimum Gasteiger partial charge on any atom is -0.497 e. The molecular formula is C23H19NO5. The second kappa shape index (κ2) is 6.58. The van der Waals surface area contributed by atoms with Gasteiger partial charge in [0.25, 0.3) is 0 Å². The Balaban J connectivity index is 1.38. The fourth-order valence-electron chi connectivity index (χ4n) is 4.74. The molecule has 3 aliphatic rings. The number of esters is 1. The summed E-state index contributed by atoms with van der Waals surface area (Å²) in [5, 5.41) is 0.